The zero-order chi connectivity index (χ0) is 12.3. The monoisotopic (exact) mass is 255 g/mol. The number of anilines is 1. The standard InChI is InChI=1S/C10H13N3O3S/c11-9(15)7-5-12-10(17-7)13-8(14)4-6-2-1-3-16-6/h5-6H,1-4H2,(H2,11,15)(H,12,13,14)/t6-/m0/s1. The van der Waals surface area contributed by atoms with Crippen LogP contribution in [0.4, 0.5) is 5.13 Å². The molecular formula is C10H13N3O3S. The van der Waals surface area contributed by atoms with E-state index in [0.717, 1.165) is 30.8 Å². The highest BCUT2D eigenvalue weighted by atomic mass is 32.1. The second-order valence-corrected chi connectivity index (χ2v) is 4.81. The minimum Gasteiger partial charge on any atom is -0.378 e. The van der Waals surface area contributed by atoms with Gasteiger partial charge >= 0.3 is 0 Å². The van der Waals surface area contributed by atoms with E-state index >= 15 is 0 Å². The number of amides is 2. The molecule has 2 rings (SSSR count). The molecule has 92 valence electrons. The third kappa shape index (κ3) is 3.24. The van der Waals surface area contributed by atoms with Gasteiger partial charge in [0.1, 0.15) is 4.88 Å². The van der Waals surface area contributed by atoms with E-state index in [4.69, 9.17) is 10.5 Å². The molecule has 0 saturated carbocycles. The molecule has 17 heavy (non-hydrogen) atoms. The Bertz CT molecular complexity index is 426. The van der Waals surface area contributed by atoms with Crippen LogP contribution in [0.3, 0.4) is 0 Å². The Kier molecular flexibility index (Phi) is 3.70. The van der Waals surface area contributed by atoms with Gasteiger partial charge in [-0.25, -0.2) is 4.98 Å². The first-order valence-corrected chi connectivity index (χ1v) is 6.14. The van der Waals surface area contributed by atoms with Crippen LogP contribution in [0, 0.1) is 0 Å². The lowest BCUT2D eigenvalue weighted by Crippen LogP contribution is -2.19. The first kappa shape index (κ1) is 12.0. The highest BCUT2D eigenvalue weighted by molar-refractivity contribution is 7.17. The van der Waals surface area contributed by atoms with Gasteiger partial charge in [-0.1, -0.05) is 11.3 Å². The molecule has 1 atom stereocenters. The van der Waals surface area contributed by atoms with E-state index in [1.165, 1.54) is 6.20 Å². The van der Waals surface area contributed by atoms with Crippen LogP contribution in [0.1, 0.15) is 28.9 Å². The van der Waals surface area contributed by atoms with E-state index in [-0.39, 0.29) is 12.0 Å². The maximum atomic E-state index is 11.6. The van der Waals surface area contributed by atoms with E-state index in [1.807, 2.05) is 0 Å². The number of hydrogen-bond acceptors (Lipinski definition) is 5. The molecule has 0 unspecified atom stereocenters. The summed E-state index contributed by atoms with van der Waals surface area (Å²) in [6, 6.07) is 0. The van der Waals surface area contributed by atoms with Crippen molar-refractivity contribution in [2.75, 3.05) is 11.9 Å². The maximum absolute atomic E-state index is 11.6. The summed E-state index contributed by atoms with van der Waals surface area (Å²) in [7, 11) is 0. The molecule has 0 aromatic carbocycles. The van der Waals surface area contributed by atoms with E-state index in [0.29, 0.717) is 16.4 Å². The van der Waals surface area contributed by atoms with Gasteiger partial charge in [-0.2, -0.15) is 0 Å². The molecule has 0 radical (unpaired) electrons. The average Bonchev–Trinajstić information content (AvgIpc) is 2.88. The number of ether oxygens (including phenoxy) is 1. The first-order valence-electron chi connectivity index (χ1n) is 5.32. The summed E-state index contributed by atoms with van der Waals surface area (Å²) in [6.45, 7) is 0.723. The van der Waals surface area contributed by atoms with E-state index < -0.39 is 5.91 Å². The topological polar surface area (TPSA) is 94.3 Å². The second-order valence-electron chi connectivity index (χ2n) is 3.78. The van der Waals surface area contributed by atoms with Crippen molar-refractivity contribution < 1.29 is 14.3 Å². The predicted molar refractivity (Wildman–Crippen MR) is 62.9 cm³/mol. The third-order valence-electron chi connectivity index (χ3n) is 2.43. The fourth-order valence-corrected chi connectivity index (χ4v) is 2.31. The van der Waals surface area contributed by atoms with E-state index in [9.17, 15) is 9.59 Å². The molecule has 1 saturated heterocycles. The minimum absolute atomic E-state index is 0.00516. The number of nitrogens with zero attached hydrogens (tertiary/aromatic N) is 1. The number of primary amides is 1. The predicted octanol–water partition coefficient (Wildman–Crippen LogP) is 0.750. The quantitative estimate of drug-likeness (QED) is 0.830. The lowest BCUT2D eigenvalue weighted by atomic mass is 10.2. The second kappa shape index (κ2) is 5.24. The van der Waals surface area contributed by atoms with Crippen molar-refractivity contribution in [2.24, 2.45) is 5.73 Å². The fourth-order valence-electron chi connectivity index (χ4n) is 1.63. The van der Waals surface area contributed by atoms with Crippen LogP contribution in [0.15, 0.2) is 6.20 Å². The van der Waals surface area contributed by atoms with Gasteiger partial charge < -0.3 is 15.8 Å². The minimum atomic E-state index is -0.540. The zero-order valence-corrected chi connectivity index (χ0v) is 9.96. The van der Waals surface area contributed by atoms with Gasteiger partial charge in [0, 0.05) is 6.61 Å². The van der Waals surface area contributed by atoms with Gasteiger partial charge in [0.15, 0.2) is 5.13 Å². The van der Waals surface area contributed by atoms with Crippen LogP contribution in [-0.4, -0.2) is 29.5 Å². The molecule has 1 aliphatic heterocycles. The number of nitrogens with one attached hydrogen (secondary N) is 1. The number of hydrogen-bond donors (Lipinski definition) is 2. The van der Waals surface area contributed by atoms with Crippen molar-refractivity contribution >= 4 is 28.3 Å². The molecule has 6 nitrogen and oxygen atoms in total. The molecule has 7 heteroatoms. The molecule has 3 N–H and O–H groups in total. The van der Waals surface area contributed by atoms with Gasteiger partial charge in [0.25, 0.3) is 5.91 Å². The largest absolute Gasteiger partial charge is 0.378 e. The molecule has 1 aromatic heterocycles. The van der Waals surface area contributed by atoms with Crippen molar-refractivity contribution in [3.05, 3.63) is 11.1 Å². The first-order chi connectivity index (χ1) is 8.15. The summed E-state index contributed by atoms with van der Waals surface area (Å²) in [5, 5.41) is 3.02. The van der Waals surface area contributed by atoms with Crippen LogP contribution in [0.2, 0.25) is 0 Å². The van der Waals surface area contributed by atoms with Gasteiger partial charge in [-0.3, -0.25) is 9.59 Å². The molecule has 2 heterocycles. The number of carbonyl (C=O) groups excluding carboxylic acids is 2. The van der Waals surface area contributed by atoms with Crippen molar-refractivity contribution in [3.63, 3.8) is 0 Å². The van der Waals surface area contributed by atoms with E-state index in [2.05, 4.69) is 10.3 Å². The van der Waals surface area contributed by atoms with Gasteiger partial charge in [-0.05, 0) is 12.8 Å². The summed E-state index contributed by atoms with van der Waals surface area (Å²) in [4.78, 5) is 26.7. The van der Waals surface area contributed by atoms with Gasteiger partial charge in [0.2, 0.25) is 5.91 Å². The van der Waals surface area contributed by atoms with Crippen molar-refractivity contribution in [1.82, 2.24) is 4.98 Å². The molecule has 0 bridgehead atoms. The highest BCUT2D eigenvalue weighted by Crippen LogP contribution is 2.19. The SMILES string of the molecule is NC(=O)c1cnc(NC(=O)C[C@@H]2CCCO2)s1. The van der Waals surface area contributed by atoms with Crippen molar-refractivity contribution in [1.29, 1.82) is 0 Å². The fraction of sp³-hybridized carbons (Fsp3) is 0.500. The number of nitrogens with two attached hydrogens (primary N) is 1. The molecule has 1 aliphatic rings. The Labute approximate surface area is 102 Å². The Balaban J connectivity index is 1.86. The van der Waals surface area contributed by atoms with E-state index in [1.54, 1.807) is 0 Å². The molecule has 1 fully saturated rings. The maximum Gasteiger partial charge on any atom is 0.260 e. The summed E-state index contributed by atoms with van der Waals surface area (Å²) in [6.07, 6.45) is 3.60. The molecular weight excluding hydrogens is 242 g/mol. The number of rotatable bonds is 4. The summed E-state index contributed by atoms with van der Waals surface area (Å²) in [5.74, 6) is -0.690. The lowest BCUT2D eigenvalue weighted by Gasteiger charge is -2.07. The summed E-state index contributed by atoms with van der Waals surface area (Å²) < 4.78 is 5.35. The zero-order valence-electron chi connectivity index (χ0n) is 9.14. The number of aromatic nitrogens is 1. The molecule has 0 spiro atoms. The van der Waals surface area contributed by atoms with Crippen LogP contribution < -0.4 is 11.1 Å². The van der Waals surface area contributed by atoms with Gasteiger partial charge in [-0.15, -0.1) is 0 Å². The van der Waals surface area contributed by atoms with Crippen LogP contribution >= 0.6 is 11.3 Å². The lowest BCUT2D eigenvalue weighted by molar-refractivity contribution is -0.118. The summed E-state index contributed by atoms with van der Waals surface area (Å²) in [5.41, 5.74) is 5.09. The molecule has 1 aromatic rings. The normalized spacial score (nSPS) is 19.2. The number of thiazole rings is 1. The van der Waals surface area contributed by atoms with Crippen LogP contribution in [0.25, 0.3) is 0 Å². The van der Waals surface area contributed by atoms with Crippen molar-refractivity contribution in [2.45, 2.75) is 25.4 Å². The molecule has 2 amide bonds. The summed E-state index contributed by atoms with van der Waals surface area (Å²) >= 11 is 1.07. The molecule has 0 aliphatic carbocycles. The van der Waals surface area contributed by atoms with Crippen LogP contribution in [-0.2, 0) is 9.53 Å². The Hall–Kier alpha value is -1.47. The highest BCUT2D eigenvalue weighted by Gasteiger charge is 2.19. The Morgan fingerprint density at radius 2 is 2.47 bits per heavy atom. The smallest absolute Gasteiger partial charge is 0.260 e. The Morgan fingerprint density at radius 3 is 3.06 bits per heavy atom. The Morgan fingerprint density at radius 1 is 1.65 bits per heavy atom. The van der Waals surface area contributed by atoms with Gasteiger partial charge in [0.05, 0.1) is 18.7 Å². The number of carbonyl (C=O) groups is 2. The van der Waals surface area contributed by atoms with Crippen LogP contribution in [0.5, 0.6) is 0 Å². The average molecular weight is 255 g/mol. The third-order valence-corrected chi connectivity index (χ3v) is 3.36. The van der Waals surface area contributed by atoms with Crippen molar-refractivity contribution in [3.8, 4) is 0 Å².